The normalized spacial score (nSPS) is 27.5. The first kappa shape index (κ1) is 30.4. The molecular weight excluding hydrogens is 620 g/mol. The first-order valence-electron chi connectivity index (χ1n) is 16.2. The number of Topliss-reactive ketones (excluding diaryl/α,β-unsaturated/α-hetero) is 1. The fourth-order valence-corrected chi connectivity index (χ4v) is 8.95. The number of rotatable bonds is 5. The van der Waals surface area contributed by atoms with E-state index in [1.165, 1.54) is 30.3 Å². The van der Waals surface area contributed by atoms with E-state index in [0.29, 0.717) is 22.3 Å². The lowest BCUT2D eigenvalue weighted by Crippen LogP contribution is -2.58. The highest BCUT2D eigenvalue weighted by molar-refractivity contribution is 6.32. The number of carbonyl (C=O) groups excluding carboxylic acids is 4. The molecule has 4 aromatic rings. The van der Waals surface area contributed by atoms with E-state index in [1.54, 1.807) is 42.5 Å². The molecule has 0 bridgehead atoms. The van der Waals surface area contributed by atoms with Crippen LogP contribution in [0, 0.1) is 33.8 Å². The highest BCUT2D eigenvalue weighted by Crippen LogP contribution is 2.63. The molecule has 8 rings (SSSR count). The molecule has 4 aliphatic rings. The Balaban J connectivity index is 1.34. The van der Waals surface area contributed by atoms with E-state index in [4.69, 9.17) is 0 Å². The molecular formula is C40H30N2O7. The maximum absolute atomic E-state index is 15.0. The van der Waals surface area contributed by atoms with E-state index >= 15 is 0 Å². The van der Waals surface area contributed by atoms with E-state index in [-0.39, 0.29) is 41.5 Å². The number of phenolic OH excluding ortho intramolecular Hbond substituents is 1. The summed E-state index contributed by atoms with van der Waals surface area (Å²) in [7, 11) is 0. The van der Waals surface area contributed by atoms with Gasteiger partial charge in [-0.15, -0.1) is 0 Å². The number of phenols is 1. The Morgan fingerprint density at radius 1 is 0.796 bits per heavy atom. The maximum atomic E-state index is 15.0. The van der Waals surface area contributed by atoms with Crippen LogP contribution in [0.2, 0.25) is 0 Å². The summed E-state index contributed by atoms with van der Waals surface area (Å²) >= 11 is 0. The molecule has 1 N–H and O–H groups in total. The second-order valence-electron chi connectivity index (χ2n) is 13.2. The highest BCUT2D eigenvalue weighted by atomic mass is 16.6. The summed E-state index contributed by atoms with van der Waals surface area (Å²) in [5, 5.41) is 22.3. The molecule has 3 aliphatic carbocycles. The van der Waals surface area contributed by atoms with Gasteiger partial charge in [-0.3, -0.25) is 29.3 Å². The van der Waals surface area contributed by atoms with Crippen LogP contribution in [0.5, 0.6) is 5.75 Å². The number of fused-ring (bicyclic) bond motifs is 4. The van der Waals surface area contributed by atoms with E-state index < -0.39 is 51.7 Å². The molecule has 1 saturated carbocycles. The molecule has 6 atom stereocenters. The number of anilines is 1. The van der Waals surface area contributed by atoms with Gasteiger partial charge in [-0.1, -0.05) is 90.5 Å². The number of nitrogens with zero attached hydrogens (tertiary/aromatic N) is 2. The Labute approximate surface area is 281 Å². The minimum Gasteiger partial charge on any atom is -0.508 e. The number of nitro benzene ring substituents is 1. The second kappa shape index (κ2) is 11.3. The van der Waals surface area contributed by atoms with Gasteiger partial charge in [0.2, 0.25) is 11.8 Å². The number of hydrogen-bond acceptors (Lipinski definition) is 7. The van der Waals surface area contributed by atoms with Crippen molar-refractivity contribution in [3.05, 3.63) is 154 Å². The number of benzene rings is 4. The van der Waals surface area contributed by atoms with Crippen LogP contribution < -0.4 is 4.90 Å². The second-order valence-corrected chi connectivity index (χ2v) is 13.2. The molecule has 0 spiro atoms. The standard InChI is InChI=1S/C40H30N2O7/c43-28-16-7-11-24(19-28)36-29-17-18-30-35(39(47)41(38(30)46)26-14-8-15-27(20-26)42(48)49)32(29)21-33-37(45)31(23-9-3-1-4-10-23)22-34(44)40(33,36)25-12-5-2-6-13-25/h1-17,19-20,22,30,32-33,35-36,43H,18,21H2. The van der Waals surface area contributed by atoms with Crippen LogP contribution in [0.25, 0.3) is 5.57 Å². The van der Waals surface area contributed by atoms with Gasteiger partial charge in [-0.05, 0) is 59.7 Å². The van der Waals surface area contributed by atoms with Gasteiger partial charge in [0.25, 0.3) is 5.69 Å². The quantitative estimate of drug-likeness (QED) is 0.115. The highest BCUT2D eigenvalue weighted by Gasteiger charge is 2.66. The van der Waals surface area contributed by atoms with Crippen LogP contribution in [0.1, 0.15) is 35.4 Å². The van der Waals surface area contributed by atoms with E-state index in [1.807, 2.05) is 48.5 Å². The van der Waals surface area contributed by atoms with Gasteiger partial charge < -0.3 is 5.11 Å². The lowest BCUT2D eigenvalue weighted by atomic mass is 9.44. The molecule has 1 aliphatic heterocycles. The number of imide groups is 1. The predicted molar refractivity (Wildman–Crippen MR) is 180 cm³/mol. The lowest BCUT2D eigenvalue weighted by molar-refractivity contribution is -0.384. The van der Waals surface area contributed by atoms with Crippen molar-refractivity contribution in [2.45, 2.75) is 24.2 Å². The number of amides is 2. The number of allylic oxidation sites excluding steroid dienone is 4. The molecule has 49 heavy (non-hydrogen) atoms. The molecule has 242 valence electrons. The maximum Gasteiger partial charge on any atom is 0.271 e. The van der Waals surface area contributed by atoms with Crippen LogP contribution in [0.15, 0.2) is 127 Å². The fourth-order valence-electron chi connectivity index (χ4n) is 8.95. The fraction of sp³-hybridized carbons (Fsp3) is 0.200. The first-order chi connectivity index (χ1) is 23.7. The number of carbonyl (C=O) groups is 4. The molecule has 2 amide bonds. The Hall–Kier alpha value is -5.96. The Morgan fingerprint density at radius 3 is 2.22 bits per heavy atom. The Bertz CT molecular complexity index is 2140. The minimum absolute atomic E-state index is 0.00672. The third kappa shape index (κ3) is 4.45. The van der Waals surface area contributed by atoms with Crippen molar-refractivity contribution in [1.29, 1.82) is 0 Å². The average Bonchev–Trinajstić information content (AvgIpc) is 3.38. The van der Waals surface area contributed by atoms with Crippen LogP contribution in [-0.2, 0) is 24.6 Å². The molecule has 2 fully saturated rings. The van der Waals surface area contributed by atoms with Gasteiger partial charge in [0, 0.05) is 29.5 Å². The Kier molecular flexibility index (Phi) is 7.03. The third-order valence-corrected chi connectivity index (χ3v) is 10.9. The molecule has 6 unspecified atom stereocenters. The van der Waals surface area contributed by atoms with Crippen molar-refractivity contribution in [2.24, 2.45) is 23.7 Å². The molecule has 1 heterocycles. The summed E-state index contributed by atoms with van der Waals surface area (Å²) in [6.45, 7) is 0. The van der Waals surface area contributed by atoms with Crippen LogP contribution in [0.4, 0.5) is 11.4 Å². The van der Waals surface area contributed by atoms with Crippen LogP contribution in [-0.4, -0.2) is 33.4 Å². The van der Waals surface area contributed by atoms with E-state index in [9.17, 15) is 34.4 Å². The molecule has 0 aromatic heterocycles. The van der Waals surface area contributed by atoms with Gasteiger partial charge in [0.05, 0.1) is 27.9 Å². The van der Waals surface area contributed by atoms with Crippen molar-refractivity contribution in [3.63, 3.8) is 0 Å². The summed E-state index contributed by atoms with van der Waals surface area (Å²) in [4.78, 5) is 70.3. The largest absolute Gasteiger partial charge is 0.508 e. The SMILES string of the molecule is O=C1C(c2ccccc2)=CC(=O)C2(c3ccccc3)C1CC1C(=CCC3C(=O)N(c4cccc([N+](=O)[O-])c4)C(=O)C31)C2c1cccc(O)c1. The zero-order chi connectivity index (χ0) is 34.0. The molecule has 4 aromatic carbocycles. The Morgan fingerprint density at radius 2 is 1.51 bits per heavy atom. The average molecular weight is 651 g/mol. The smallest absolute Gasteiger partial charge is 0.271 e. The molecule has 9 heteroatoms. The molecule has 9 nitrogen and oxygen atoms in total. The summed E-state index contributed by atoms with van der Waals surface area (Å²) in [6.07, 6.45) is 3.74. The number of nitro groups is 1. The van der Waals surface area contributed by atoms with Gasteiger partial charge in [0.15, 0.2) is 11.6 Å². The minimum atomic E-state index is -1.40. The van der Waals surface area contributed by atoms with Gasteiger partial charge >= 0.3 is 0 Å². The van der Waals surface area contributed by atoms with Crippen molar-refractivity contribution < 1.29 is 29.2 Å². The van der Waals surface area contributed by atoms with Gasteiger partial charge in [-0.2, -0.15) is 0 Å². The summed E-state index contributed by atoms with van der Waals surface area (Å²) < 4.78 is 0. The topological polar surface area (TPSA) is 135 Å². The van der Waals surface area contributed by atoms with E-state index in [2.05, 4.69) is 0 Å². The monoisotopic (exact) mass is 650 g/mol. The van der Waals surface area contributed by atoms with Crippen molar-refractivity contribution in [3.8, 4) is 5.75 Å². The number of hydrogen-bond donors (Lipinski definition) is 1. The molecule has 1 saturated heterocycles. The summed E-state index contributed by atoms with van der Waals surface area (Å²) in [5.41, 5.74) is 1.44. The number of ketones is 2. The van der Waals surface area contributed by atoms with Crippen molar-refractivity contribution in [2.75, 3.05) is 4.90 Å². The lowest BCUT2D eigenvalue weighted by Gasteiger charge is -2.55. The van der Waals surface area contributed by atoms with Gasteiger partial charge in [0.1, 0.15) is 5.75 Å². The van der Waals surface area contributed by atoms with Crippen LogP contribution in [0.3, 0.4) is 0 Å². The van der Waals surface area contributed by atoms with Crippen LogP contribution >= 0.6 is 0 Å². The predicted octanol–water partition coefficient (Wildman–Crippen LogP) is 6.33. The van der Waals surface area contributed by atoms with Crippen molar-refractivity contribution in [1.82, 2.24) is 0 Å². The molecule has 0 radical (unpaired) electrons. The zero-order valence-electron chi connectivity index (χ0n) is 26.1. The number of aromatic hydroxyl groups is 1. The van der Waals surface area contributed by atoms with Gasteiger partial charge in [-0.25, -0.2) is 4.90 Å². The number of non-ortho nitro benzene ring substituents is 1. The summed E-state index contributed by atoms with van der Waals surface area (Å²) in [5.74, 6) is -5.26. The third-order valence-electron chi connectivity index (χ3n) is 10.9. The summed E-state index contributed by atoms with van der Waals surface area (Å²) in [6, 6.07) is 30.4. The zero-order valence-corrected chi connectivity index (χ0v) is 26.1. The van der Waals surface area contributed by atoms with Crippen molar-refractivity contribution >= 4 is 40.3 Å². The van der Waals surface area contributed by atoms with E-state index in [0.717, 1.165) is 10.5 Å². The first-order valence-corrected chi connectivity index (χ1v) is 16.2.